The van der Waals surface area contributed by atoms with E-state index in [4.69, 9.17) is 39.5 Å². The van der Waals surface area contributed by atoms with Crippen molar-refractivity contribution in [1.29, 1.82) is 0 Å². The van der Waals surface area contributed by atoms with Crippen LogP contribution in [0.25, 0.3) is 0 Å². The second kappa shape index (κ2) is 13.9. The molecule has 1 atom stereocenters. The molecule has 0 aliphatic rings. The third-order valence-corrected chi connectivity index (χ3v) is 8.05. The largest absolute Gasteiger partial charge is 0.495 e. The molecule has 0 spiro atoms. The number of amides is 2. The fourth-order valence-electron chi connectivity index (χ4n) is 4.04. The number of hydrogen-bond donors (Lipinski definition) is 1. The maximum Gasteiger partial charge on any atom is 0.243 e. The number of anilines is 1. The standard InChI is InChI=1S/C27H36Cl3N3O5S/c1-7-23(26(35)31-27(2,3)4)32(17-19-20(28)10-8-11-21(19)29)25(34)12-9-15-33(39(6,36)37)18-13-14-24(38-5)22(30)16-18/h8,10-11,13-14,16,23H,7,9,12,15,17H2,1-6H3,(H,31,35)/t23-/m1/s1. The summed E-state index contributed by atoms with van der Waals surface area (Å²) in [6.07, 6.45) is 1.62. The third kappa shape index (κ3) is 9.45. The zero-order valence-corrected chi connectivity index (χ0v) is 26.1. The van der Waals surface area contributed by atoms with Crippen LogP contribution in [0.15, 0.2) is 36.4 Å². The number of ether oxygens (including phenoxy) is 1. The first kappa shape index (κ1) is 33.0. The second-order valence-electron chi connectivity index (χ2n) is 10.1. The van der Waals surface area contributed by atoms with Crippen LogP contribution >= 0.6 is 34.8 Å². The number of methoxy groups -OCH3 is 1. The SMILES string of the molecule is CC[C@H](C(=O)NC(C)(C)C)N(Cc1c(Cl)cccc1Cl)C(=O)CCCN(c1ccc(OC)c(Cl)c1)S(C)(=O)=O. The number of rotatable bonds is 12. The number of nitrogens with zero attached hydrogens (tertiary/aromatic N) is 2. The van der Waals surface area contributed by atoms with Crippen LogP contribution in [-0.2, 0) is 26.2 Å². The van der Waals surface area contributed by atoms with E-state index in [9.17, 15) is 18.0 Å². The zero-order chi connectivity index (χ0) is 29.5. The van der Waals surface area contributed by atoms with Gasteiger partial charge in [0.1, 0.15) is 11.8 Å². The van der Waals surface area contributed by atoms with Crippen molar-refractivity contribution < 1.29 is 22.7 Å². The molecule has 8 nitrogen and oxygen atoms in total. The van der Waals surface area contributed by atoms with Crippen LogP contribution in [0.4, 0.5) is 5.69 Å². The molecule has 0 bridgehead atoms. The lowest BCUT2D eigenvalue weighted by atomic mass is 10.0. The number of sulfonamides is 1. The van der Waals surface area contributed by atoms with Gasteiger partial charge < -0.3 is 15.0 Å². The molecule has 0 fully saturated rings. The van der Waals surface area contributed by atoms with Crippen molar-refractivity contribution >= 4 is 62.3 Å². The van der Waals surface area contributed by atoms with Gasteiger partial charge in [0, 0.05) is 40.7 Å². The number of halogens is 3. The van der Waals surface area contributed by atoms with Crippen molar-refractivity contribution in [2.45, 2.75) is 65.1 Å². The first-order valence-corrected chi connectivity index (χ1v) is 15.4. The number of carbonyl (C=O) groups excluding carboxylic acids is 2. The molecule has 0 aliphatic heterocycles. The summed E-state index contributed by atoms with van der Waals surface area (Å²) >= 11 is 19.0. The molecule has 0 saturated heterocycles. The van der Waals surface area contributed by atoms with Gasteiger partial charge in [-0.2, -0.15) is 0 Å². The summed E-state index contributed by atoms with van der Waals surface area (Å²) in [5.41, 5.74) is 0.380. The van der Waals surface area contributed by atoms with Gasteiger partial charge in [-0.3, -0.25) is 13.9 Å². The van der Waals surface area contributed by atoms with Crippen LogP contribution in [-0.4, -0.2) is 56.6 Å². The highest BCUT2D eigenvalue weighted by atomic mass is 35.5. The Labute approximate surface area is 246 Å². The van der Waals surface area contributed by atoms with Gasteiger partial charge in [0.2, 0.25) is 21.8 Å². The van der Waals surface area contributed by atoms with Gasteiger partial charge in [0.05, 0.1) is 24.1 Å². The number of nitrogens with one attached hydrogen (secondary N) is 1. The second-order valence-corrected chi connectivity index (χ2v) is 13.3. The minimum absolute atomic E-state index is 0.0166. The van der Waals surface area contributed by atoms with Crippen LogP contribution in [0.3, 0.4) is 0 Å². The quantitative estimate of drug-likeness (QED) is 0.318. The molecule has 0 heterocycles. The highest BCUT2D eigenvalue weighted by Gasteiger charge is 2.31. The van der Waals surface area contributed by atoms with E-state index in [2.05, 4.69) is 5.32 Å². The molecule has 2 aromatic carbocycles. The van der Waals surface area contributed by atoms with Crippen LogP contribution in [0.5, 0.6) is 5.75 Å². The molecule has 2 amide bonds. The fraction of sp³-hybridized carbons (Fsp3) is 0.481. The van der Waals surface area contributed by atoms with E-state index in [0.717, 1.165) is 6.26 Å². The monoisotopic (exact) mass is 619 g/mol. The molecule has 0 aromatic heterocycles. The predicted molar refractivity (Wildman–Crippen MR) is 158 cm³/mol. The van der Waals surface area contributed by atoms with Crippen LogP contribution in [0.1, 0.15) is 52.5 Å². The van der Waals surface area contributed by atoms with Gasteiger partial charge >= 0.3 is 0 Å². The van der Waals surface area contributed by atoms with Crippen LogP contribution < -0.4 is 14.4 Å². The number of hydrogen-bond acceptors (Lipinski definition) is 5. The average molecular weight is 621 g/mol. The molecule has 0 aliphatic carbocycles. The van der Waals surface area contributed by atoms with Gasteiger partial charge in [0.25, 0.3) is 0 Å². The summed E-state index contributed by atoms with van der Waals surface area (Å²) in [4.78, 5) is 28.3. The first-order chi connectivity index (χ1) is 18.1. The molecule has 0 saturated carbocycles. The van der Waals surface area contributed by atoms with Crippen molar-refractivity contribution in [3.05, 3.63) is 57.0 Å². The first-order valence-electron chi connectivity index (χ1n) is 12.4. The summed E-state index contributed by atoms with van der Waals surface area (Å²) in [5, 5.41) is 3.97. The Hall–Kier alpha value is -2.20. The van der Waals surface area contributed by atoms with Gasteiger partial charge in [-0.25, -0.2) is 8.42 Å². The Balaban J connectivity index is 2.31. The summed E-state index contributed by atoms with van der Waals surface area (Å²) in [7, 11) is -2.21. The van der Waals surface area contributed by atoms with Gasteiger partial charge in [-0.05, 0) is 63.9 Å². The molecular weight excluding hydrogens is 585 g/mol. The predicted octanol–water partition coefficient (Wildman–Crippen LogP) is 5.92. The van der Waals surface area contributed by atoms with E-state index >= 15 is 0 Å². The van der Waals surface area contributed by atoms with E-state index in [0.29, 0.717) is 33.5 Å². The lowest BCUT2D eigenvalue weighted by Crippen LogP contribution is -2.53. The minimum Gasteiger partial charge on any atom is -0.495 e. The normalized spacial score (nSPS) is 12.5. The van der Waals surface area contributed by atoms with Crippen molar-refractivity contribution in [2.75, 3.05) is 24.2 Å². The van der Waals surface area contributed by atoms with Crippen molar-refractivity contribution in [3.8, 4) is 5.75 Å². The summed E-state index contributed by atoms with van der Waals surface area (Å²) in [5.74, 6) is -0.215. The van der Waals surface area contributed by atoms with Crippen molar-refractivity contribution in [2.24, 2.45) is 0 Å². The van der Waals surface area contributed by atoms with Crippen molar-refractivity contribution in [1.82, 2.24) is 10.2 Å². The van der Waals surface area contributed by atoms with Gasteiger partial charge in [-0.15, -0.1) is 0 Å². The minimum atomic E-state index is -3.68. The maximum absolute atomic E-state index is 13.6. The fourth-order valence-corrected chi connectivity index (χ4v) is 5.77. The molecule has 2 aromatic rings. The lowest BCUT2D eigenvalue weighted by Gasteiger charge is -2.33. The Morgan fingerprint density at radius 2 is 1.67 bits per heavy atom. The Morgan fingerprint density at radius 3 is 2.15 bits per heavy atom. The molecule has 0 radical (unpaired) electrons. The lowest BCUT2D eigenvalue weighted by molar-refractivity contribution is -0.142. The topological polar surface area (TPSA) is 96.0 Å². The molecule has 0 unspecified atom stereocenters. The summed E-state index contributed by atoms with van der Waals surface area (Å²) in [6.45, 7) is 7.45. The summed E-state index contributed by atoms with van der Waals surface area (Å²) in [6, 6.07) is 8.93. The third-order valence-electron chi connectivity index (χ3n) is 5.85. The van der Waals surface area contributed by atoms with Gasteiger partial charge in [0.15, 0.2) is 0 Å². The van der Waals surface area contributed by atoms with E-state index in [1.165, 1.54) is 22.4 Å². The van der Waals surface area contributed by atoms with Crippen molar-refractivity contribution in [3.63, 3.8) is 0 Å². The molecule has 2 rings (SSSR count). The molecular formula is C27H36Cl3N3O5S. The molecule has 39 heavy (non-hydrogen) atoms. The van der Waals surface area contributed by atoms with E-state index in [-0.39, 0.29) is 42.8 Å². The Bertz CT molecular complexity index is 1260. The van der Waals surface area contributed by atoms with E-state index in [1.54, 1.807) is 30.3 Å². The maximum atomic E-state index is 13.6. The van der Waals surface area contributed by atoms with Crippen LogP contribution in [0, 0.1) is 0 Å². The highest BCUT2D eigenvalue weighted by Crippen LogP contribution is 2.31. The summed E-state index contributed by atoms with van der Waals surface area (Å²) < 4.78 is 31.5. The molecule has 12 heteroatoms. The van der Waals surface area contributed by atoms with E-state index < -0.39 is 21.6 Å². The molecule has 216 valence electrons. The van der Waals surface area contributed by atoms with Crippen LogP contribution in [0.2, 0.25) is 15.1 Å². The highest BCUT2D eigenvalue weighted by molar-refractivity contribution is 7.92. The number of benzene rings is 2. The molecule has 1 N–H and O–H groups in total. The average Bonchev–Trinajstić information content (AvgIpc) is 2.81. The zero-order valence-electron chi connectivity index (χ0n) is 23.1. The van der Waals surface area contributed by atoms with Gasteiger partial charge in [-0.1, -0.05) is 47.8 Å². The Kier molecular flexibility index (Phi) is 11.8. The Morgan fingerprint density at radius 1 is 1.05 bits per heavy atom. The smallest absolute Gasteiger partial charge is 0.243 e. The van der Waals surface area contributed by atoms with E-state index in [1.807, 2.05) is 27.7 Å². The number of carbonyl (C=O) groups is 2.